The largest absolute Gasteiger partial charge is 0.398 e. The standard InChI is InChI=1S/C10H8N2S.C3H5N3S/c11-7-4-5-8-10-6(7)2-1-3-9(10)13-12-8;1-2-5-3(4)7-6-2/h1-5,12H,11H2;1H3,(H2,4,5,6). The third-order valence-corrected chi connectivity index (χ3v) is 4.37. The summed E-state index contributed by atoms with van der Waals surface area (Å²) in [6.07, 6.45) is 0. The summed E-state index contributed by atoms with van der Waals surface area (Å²) >= 11 is 2.87. The topological polar surface area (TPSA) is 89.8 Å². The van der Waals surface area contributed by atoms with Crippen LogP contribution in [0, 0.1) is 6.92 Å². The Hall–Kier alpha value is -1.99. The first kappa shape index (κ1) is 13.0. The number of nitrogen functional groups attached to an aromatic ring is 2. The Bertz CT molecular complexity index is 742. The van der Waals surface area contributed by atoms with Gasteiger partial charge in [0, 0.05) is 32.9 Å². The number of nitrogens with zero attached hydrogens (tertiary/aromatic N) is 2. The summed E-state index contributed by atoms with van der Waals surface area (Å²) in [6, 6.07) is 10.2. The van der Waals surface area contributed by atoms with E-state index in [1.54, 1.807) is 11.9 Å². The van der Waals surface area contributed by atoms with Crippen molar-refractivity contribution in [3.05, 3.63) is 36.2 Å². The third-order valence-electron chi connectivity index (χ3n) is 2.85. The van der Waals surface area contributed by atoms with Crippen LogP contribution in [0.4, 0.5) is 16.5 Å². The molecule has 4 rings (SSSR count). The van der Waals surface area contributed by atoms with Gasteiger partial charge in [-0.1, -0.05) is 12.1 Å². The number of hydrogen-bond acceptors (Lipinski definition) is 7. The van der Waals surface area contributed by atoms with Crippen molar-refractivity contribution in [2.24, 2.45) is 0 Å². The highest BCUT2D eigenvalue weighted by molar-refractivity contribution is 8.01. The van der Waals surface area contributed by atoms with Gasteiger partial charge >= 0.3 is 0 Å². The zero-order valence-corrected chi connectivity index (χ0v) is 12.4. The summed E-state index contributed by atoms with van der Waals surface area (Å²) in [5.41, 5.74) is 13.1. The van der Waals surface area contributed by atoms with Crippen molar-refractivity contribution in [3.63, 3.8) is 0 Å². The minimum Gasteiger partial charge on any atom is -0.398 e. The monoisotopic (exact) mass is 303 g/mol. The Labute approximate surface area is 124 Å². The van der Waals surface area contributed by atoms with Gasteiger partial charge in [-0.15, -0.1) is 0 Å². The molecule has 20 heavy (non-hydrogen) atoms. The first-order valence-electron chi connectivity index (χ1n) is 5.95. The van der Waals surface area contributed by atoms with Gasteiger partial charge in [0.2, 0.25) is 0 Å². The second-order valence-corrected chi connectivity index (χ2v) is 5.90. The molecule has 0 atom stereocenters. The number of benzene rings is 2. The van der Waals surface area contributed by atoms with Gasteiger partial charge in [0.25, 0.3) is 0 Å². The van der Waals surface area contributed by atoms with Gasteiger partial charge < -0.3 is 16.2 Å². The van der Waals surface area contributed by atoms with Crippen LogP contribution in [0.5, 0.6) is 0 Å². The molecule has 1 aliphatic rings. The van der Waals surface area contributed by atoms with E-state index < -0.39 is 0 Å². The summed E-state index contributed by atoms with van der Waals surface area (Å²) in [5, 5.41) is 2.94. The van der Waals surface area contributed by atoms with Crippen molar-refractivity contribution in [1.29, 1.82) is 0 Å². The van der Waals surface area contributed by atoms with E-state index in [1.165, 1.54) is 27.5 Å². The van der Waals surface area contributed by atoms with Crippen molar-refractivity contribution >= 4 is 50.8 Å². The van der Waals surface area contributed by atoms with Gasteiger partial charge in [0.1, 0.15) is 5.82 Å². The summed E-state index contributed by atoms with van der Waals surface area (Å²) in [6.45, 7) is 1.81. The van der Waals surface area contributed by atoms with Gasteiger partial charge in [-0.25, -0.2) is 4.98 Å². The molecule has 0 saturated heterocycles. The summed E-state index contributed by atoms with van der Waals surface area (Å²) in [5.74, 6) is 0.752. The first-order chi connectivity index (χ1) is 9.65. The van der Waals surface area contributed by atoms with Gasteiger partial charge in [0.15, 0.2) is 5.13 Å². The minimum atomic E-state index is 0.539. The molecule has 0 spiro atoms. The SMILES string of the molecule is Cc1nsc(N)n1.Nc1ccc2c3c(cccc13)SN2. The van der Waals surface area contributed by atoms with Crippen molar-refractivity contribution in [1.82, 2.24) is 9.36 Å². The van der Waals surface area contributed by atoms with Crippen LogP contribution in [0.25, 0.3) is 10.8 Å². The molecule has 5 nitrogen and oxygen atoms in total. The van der Waals surface area contributed by atoms with Crippen molar-refractivity contribution in [2.45, 2.75) is 11.8 Å². The van der Waals surface area contributed by atoms with Gasteiger partial charge in [-0.2, -0.15) is 4.37 Å². The molecule has 0 aliphatic carbocycles. The number of aryl methyl sites for hydroxylation is 1. The predicted molar refractivity (Wildman–Crippen MR) is 86.9 cm³/mol. The molecule has 2 aromatic carbocycles. The molecular formula is C13H13N5S2. The Morgan fingerprint density at radius 2 is 2.00 bits per heavy atom. The summed E-state index contributed by atoms with van der Waals surface area (Å²) in [4.78, 5) is 5.06. The molecule has 5 N–H and O–H groups in total. The molecule has 0 amide bonds. The highest BCUT2D eigenvalue weighted by Crippen LogP contribution is 2.42. The van der Waals surface area contributed by atoms with Crippen molar-refractivity contribution < 1.29 is 0 Å². The molecule has 1 aromatic heterocycles. The van der Waals surface area contributed by atoms with E-state index >= 15 is 0 Å². The molecule has 0 radical (unpaired) electrons. The summed E-state index contributed by atoms with van der Waals surface area (Å²) in [7, 11) is 0. The van der Waals surface area contributed by atoms with E-state index in [-0.39, 0.29) is 0 Å². The van der Waals surface area contributed by atoms with E-state index in [0.717, 1.165) is 16.9 Å². The zero-order chi connectivity index (χ0) is 14.1. The third kappa shape index (κ3) is 2.37. The lowest BCUT2D eigenvalue weighted by atomic mass is 10.1. The minimum absolute atomic E-state index is 0.539. The highest BCUT2D eigenvalue weighted by Gasteiger charge is 2.14. The lowest BCUT2D eigenvalue weighted by Crippen LogP contribution is -1.86. The first-order valence-corrected chi connectivity index (χ1v) is 7.54. The maximum atomic E-state index is 5.88. The van der Waals surface area contributed by atoms with Gasteiger partial charge in [-0.05, 0) is 37.1 Å². The lowest BCUT2D eigenvalue weighted by Gasteiger charge is -2.02. The molecule has 0 bridgehead atoms. The molecule has 7 heteroatoms. The van der Waals surface area contributed by atoms with Crippen LogP contribution < -0.4 is 16.2 Å². The van der Waals surface area contributed by atoms with Crippen LogP contribution in [-0.4, -0.2) is 9.36 Å². The van der Waals surface area contributed by atoms with Crippen LogP contribution in [0.15, 0.2) is 35.2 Å². The fourth-order valence-electron chi connectivity index (χ4n) is 1.99. The molecule has 0 fully saturated rings. The fourth-order valence-corrected chi connectivity index (χ4v) is 3.29. The second kappa shape index (κ2) is 5.18. The van der Waals surface area contributed by atoms with E-state index in [9.17, 15) is 0 Å². The van der Waals surface area contributed by atoms with Crippen molar-refractivity contribution in [2.75, 3.05) is 16.2 Å². The number of rotatable bonds is 0. The predicted octanol–water partition coefficient (Wildman–Crippen LogP) is 3.28. The number of nitrogens with one attached hydrogen (secondary N) is 1. The molecule has 3 aromatic rings. The molecule has 1 aliphatic heterocycles. The Morgan fingerprint density at radius 1 is 1.15 bits per heavy atom. The smallest absolute Gasteiger partial charge is 0.199 e. The van der Waals surface area contributed by atoms with E-state index in [4.69, 9.17) is 11.5 Å². The number of nitrogens with two attached hydrogens (primary N) is 2. The Morgan fingerprint density at radius 3 is 2.65 bits per heavy atom. The normalized spacial score (nSPS) is 11.8. The zero-order valence-electron chi connectivity index (χ0n) is 10.8. The van der Waals surface area contributed by atoms with Crippen LogP contribution in [0.3, 0.4) is 0 Å². The van der Waals surface area contributed by atoms with Crippen LogP contribution in [-0.2, 0) is 0 Å². The molecular weight excluding hydrogens is 290 g/mol. The van der Waals surface area contributed by atoms with E-state index in [2.05, 4.69) is 26.2 Å². The number of hydrogen-bond donors (Lipinski definition) is 3. The average Bonchev–Trinajstić information content (AvgIpc) is 3.02. The maximum absolute atomic E-state index is 5.88. The van der Waals surface area contributed by atoms with Crippen molar-refractivity contribution in [3.8, 4) is 0 Å². The lowest BCUT2D eigenvalue weighted by molar-refractivity contribution is 1.17. The average molecular weight is 303 g/mol. The highest BCUT2D eigenvalue weighted by atomic mass is 32.2. The van der Waals surface area contributed by atoms with Crippen LogP contribution >= 0.6 is 23.5 Å². The molecule has 0 unspecified atom stereocenters. The fraction of sp³-hybridized carbons (Fsp3) is 0.0769. The van der Waals surface area contributed by atoms with Gasteiger partial charge in [-0.3, -0.25) is 0 Å². The quantitative estimate of drug-likeness (QED) is 0.436. The van der Waals surface area contributed by atoms with E-state index in [1.807, 2.05) is 25.1 Å². The Kier molecular flexibility index (Phi) is 3.37. The number of aromatic nitrogens is 2. The maximum Gasteiger partial charge on any atom is 0.199 e. The molecule has 0 saturated carbocycles. The molecule has 102 valence electrons. The second-order valence-electron chi connectivity index (χ2n) is 4.27. The van der Waals surface area contributed by atoms with Crippen LogP contribution in [0.2, 0.25) is 0 Å². The summed E-state index contributed by atoms with van der Waals surface area (Å²) < 4.78 is 7.08. The Balaban J connectivity index is 0.000000147. The number of anilines is 3. The molecule has 2 heterocycles. The van der Waals surface area contributed by atoms with Crippen LogP contribution in [0.1, 0.15) is 5.82 Å². The van der Waals surface area contributed by atoms with Gasteiger partial charge in [0.05, 0.1) is 5.69 Å². The van der Waals surface area contributed by atoms with E-state index in [0.29, 0.717) is 5.13 Å².